The first-order valence-electron chi connectivity index (χ1n) is 7.37. The van der Waals surface area contributed by atoms with Crippen LogP contribution in [0.2, 0.25) is 0 Å². The highest BCUT2D eigenvalue weighted by Crippen LogP contribution is 2.17. The van der Waals surface area contributed by atoms with Gasteiger partial charge in [0, 0.05) is 0 Å². The molecule has 0 fully saturated rings. The smallest absolute Gasteiger partial charge is 0.0323 e. The summed E-state index contributed by atoms with van der Waals surface area (Å²) < 4.78 is 0. The normalized spacial score (nSPS) is 12.7. The first-order chi connectivity index (χ1) is 7.70. The van der Waals surface area contributed by atoms with Crippen molar-refractivity contribution in [3.63, 3.8) is 0 Å². The standard InChI is InChI=1S/C16H32/c1-5-7-9-13-16(4)14-11-8-10-12-15(3)6-2/h15H,4-14H2,1-3H3. The molecule has 1 unspecified atom stereocenters. The third-order valence-electron chi connectivity index (χ3n) is 3.56. The van der Waals surface area contributed by atoms with E-state index in [4.69, 9.17) is 0 Å². The molecule has 0 amide bonds. The lowest BCUT2D eigenvalue weighted by atomic mass is 9.98. The van der Waals surface area contributed by atoms with E-state index in [-0.39, 0.29) is 0 Å². The highest BCUT2D eigenvalue weighted by molar-refractivity contribution is 4.93. The van der Waals surface area contributed by atoms with Crippen LogP contribution >= 0.6 is 0 Å². The third kappa shape index (κ3) is 10.3. The van der Waals surface area contributed by atoms with Gasteiger partial charge in [-0.15, -0.1) is 0 Å². The van der Waals surface area contributed by atoms with E-state index >= 15 is 0 Å². The van der Waals surface area contributed by atoms with Crippen LogP contribution in [0.5, 0.6) is 0 Å². The summed E-state index contributed by atoms with van der Waals surface area (Å²) in [7, 11) is 0. The molecule has 0 N–H and O–H groups in total. The Hall–Kier alpha value is -0.260. The number of rotatable bonds is 11. The molecule has 16 heavy (non-hydrogen) atoms. The summed E-state index contributed by atoms with van der Waals surface area (Å²) in [5.74, 6) is 0.924. The predicted molar refractivity (Wildman–Crippen MR) is 75.8 cm³/mol. The van der Waals surface area contributed by atoms with E-state index < -0.39 is 0 Å². The van der Waals surface area contributed by atoms with E-state index in [1.54, 1.807) is 0 Å². The number of hydrogen-bond donors (Lipinski definition) is 0. The largest absolute Gasteiger partial charge is 0.0999 e. The van der Waals surface area contributed by atoms with E-state index in [2.05, 4.69) is 27.4 Å². The van der Waals surface area contributed by atoms with Crippen LogP contribution in [0.25, 0.3) is 0 Å². The van der Waals surface area contributed by atoms with Crippen molar-refractivity contribution in [2.45, 2.75) is 85.0 Å². The van der Waals surface area contributed by atoms with Crippen molar-refractivity contribution in [2.24, 2.45) is 5.92 Å². The molecular formula is C16H32. The molecular weight excluding hydrogens is 192 g/mol. The van der Waals surface area contributed by atoms with Gasteiger partial charge < -0.3 is 0 Å². The zero-order valence-corrected chi connectivity index (χ0v) is 11.9. The molecule has 0 aliphatic heterocycles. The molecule has 96 valence electrons. The second kappa shape index (κ2) is 11.2. The van der Waals surface area contributed by atoms with Crippen LogP contribution < -0.4 is 0 Å². The molecule has 0 saturated carbocycles. The van der Waals surface area contributed by atoms with E-state index in [1.165, 1.54) is 69.8 Å². The van der Waals surface area contributed by atoms with Gasteiger partial charge in [-0.05, 0) is 31.6 Å². The summed E-state index contributed by atoms with van der Waals surface area (Å²) in [6.45, 7) is 11.1. The summed E-state index contributed by atoms with van der Waals surface area (Å²) in [4.78, 5) is 0. The first kappa shape index (κ1) is 15.7. The molecule has 0 aliphatic carbocycles. The van der Waals surface area contributed by atoms with Crippen molar-refractivity contribution in [3.05, 3.63) is 12.2 Å². The summed E-state index contributed by atoms with van der Waals surface area (Å²) in [5.41, 5.74) is 1.48. The number of unbranched alkanes of at least 4 members (excludes halogenated alkanes) is 4. The van der Waals surface area contributed by atoms with Crippen molar-refractivity contribution < 1.29 is 0 Å². The second-order valence-corrected chi connectivity index (χ2v) is 5.32. The molecule has 0 radical (unpaired) electrons. The van der Waals surface area contributed by atoms with Gasteiger partial charge >= 0.3 is 0 Å². The maximum Gasteiger partial charge on any atom is -0.0323 e. The molecule has 0 saturated heterocycles. The fraction of sp³-hybridized carbons (Fsp3) is 0.875. The molecule has 0 aliphatic rings. The first-order valence-corrected chi connectivity index (χ1v) is 7.37. The maximum absolute atomic E-state index is 4.18. The molecule has 0 aromatic rings. The highest BCUT2D eigenvalue weighted by Gasteiger charge is 1.99. The Bertz CT molecular complexity index is 157. The minimum atomic E-state index is 0.924. The van der Waals surface area contributed by atoms with Gasteiger partial charge in [0.1, 0.15) is 0 Å². The monoisotopic (exact) mass is 224 g/mol. The number of allylic oxidation sites excluding steroid dienone is 1. The Morgan fingerprint density at radius 1 is 0.938 bits per heavy atom. The topological polar surface area (TPSA) is 0 Å². The molecule has 0 aromatic heterocycles. The number of hydrogen-bond acceptors (Lipinski definition) is 0. The predicted octanol–water partition coefficient (Wildman–Crippen LogP) is 6.12. The van der Waals surface area contributed by atoms with Crippen LogP contribution in [0.1, 0.15) is 85.0 Å². The lowest BCUT2D eigenvalue weighted by molar-refractivity contribution is 0.477. The summed E-state index contributed by atoms with van der Waals surface area (Å²) in [5, 5.41) is 0. The van der Waals surface area contributed by atoms with Crippen LogP contribution in [0.3, 0.4) is 0 Å². The molecule has 0 nitrogen and oxygen atoms in total. The Kier molecular flexibility index (Phi) is 11.0. The fourth-order valence-corrected chi connectivity index (χ4v) is 2.00. The van der Waals surface area contributed by atoms with Crippen molar-refractivity contribution in [1.29, 1.82) is 0 Å². The zero-order chi connectivity index (χ0) is 12.2. The fourth-order valence-electron chi connectivity index (χ4n) is 2.00. The van der Waals surface area contributed by atoms with Gasteiger partial charge in [0.2, 0.25) is 0 Å². The molecule has 0 heteroatoms. The Balaban J connectivity index is 3.21. The van der Waals surface area contributed by atoms with E-state index in [1.807, 2.05) is 0 Å². The average molecular weight is 224 g/mol. The van der Waals surface area contributed by atoms with Crippen molar-refractivity contribution in [1.82, 2.24) is 0 Å². The van der Waals surface area contributed by atoms with Gasteiger partial charge in [-0.3, -0.25) is 0 Å². The average Bonchev–Trinajstić information content (AvgIpc) is 2.28. The van der Waals surface area contributed by atoms with Crippen LogP contribution in [0.4, 0.5) is 0 Å². The quantitative estimate of drug-likeness (QED) is 0.293. The van der Waals surface area contributed by atoms with Gasteiger partial charge in [-0.1, -0.05) is 71.4 Å². The van der Waals surface area contributed by atoms with Crippen molar-refractivity contribution >= 4 is 0 Å². The molecule has 0 heterocycles. The highest BCUT2D eigenvalue weighted by atomic mass is 14.1. The van der Waals surface area contributed by atoms with Crippen LogP contribution in [0, 0.1) is 5.92 Å². The minimum absolute atomic E-state index is 0.924. The van der Waals surface area contributed by atoms with Gasteiger partial charge in [-0.25, -0.2) is 0 Å². The SMILES string of the molecule is C=C(CCCCC)CCCCCC(C)CC. The molecule has 0 rings (SSSR count). The Morgan fingerprint density at radius 3 is 2.12 bits per heavy atom. The van der Waals surface area contributed by atoms with Gasteiger partial charge in [0.25, 0.3) is 0 Å². The molecule has 0 aromatic carbocycles. The molecule has 0 spiro atoms. The Morgan fingerprint density at radius 2 is 1.56 bits per heavy atom. The van der Waals surface area contributed by atoms with Crippen LogP contribution in [-0.2, 0) is 0 Å². The van der Waals surface area contributed by atoms with Crippen LogP contribution in [-0.4, -0.2) is 0 Å². The van der Waals surface area contributed by atoms with Gasteiger partial charge in [-0.2, -0.15) is 0 Å². The van der Waals surface area contributed by atoms with E-state index in [0.717, 1.165) is 5.92 Å². The summed E-state index contributed by atoms with van der Waals surface area (Å²) in [6.07, 6.45) is 13.5. The lowest BCUT2D eigenvalue weighted by Gasteiger charge is -2.08. The van der Waals surface area contributed by atoms with Gasteiger partial charge in [0.15, 0.2) is 0 Å². The van der Waals surface area contributed by atoms with Crippen molar-refractivity contribution in [2.75, 3.05) is 0 Å². The summed E-state index contributed by atoms with van der Waals surface area (Å²) in [6, 6.07) is 0. The summed E-state index contributed by atoms with van der Waals surface area (Å²) >= 11 is 0. The third-order valence-corrected chi connectivity index (χ3v) is 3.56. The lowest BCUT2D eigenvalue weighted by Crippen LogP contribution is -1.92. The minimum Gasteiger partial charge on any atom is -0.0999 e. The Labute approximate surface area is 104 Å². The van der Waals surface area contributed by atoms with Crippen molar-refractivity contribution in [3.8, 4) is 0 Å². The zero-order valence-electron chi connectivity index (χ0n) is 11.9. The molecule has 0 bridgehead atoms. The second-order valence-electron chi connectivity index (χ2n) is 5.32. The van der Waals surface area contributed by atoms with E-state index in [9.17, 15) is 0 Å². The van der Waals surface area contributed by atoms with Gasteiger partial charge in [0.05, 0.1) is 0 Å². The van der Waals surface area contributed by atoms with E-state index in [0.29, 0.717) is 0 Å². The molecule has 1 atom stereocenters. The van der Waals surface area contributed by atoms with Crippen LogP contribution in [0.15, 0.2) is 12.2 Å². The maximum atomic E-state index is 4.18.